The van der Waals surface area contributed by atoms with Crippen LogP contribution in [0.3, 0.4) is 0 Å². The molecule has 2 atom stereocenters. The van der Waals surface area contributed by atoms with Gasteiger partial charge in [0, 0.05) is 7.05 Å². The van der Waals surface area contributed by atoms with Gasteiger partial charge in [0.15, 0.2) is 0 Å². The summed E-state index contributed by atoms with van der Waals surface area (Å²) in [5, 5.41) is 10.2. The first-order valence-corrected chi connectivity index (χ1v) is 5.81. The third-order valence-electron chi connectivity index (χ3n) is 2.82. The Labute approximate surface area is 107 Å². The first-order chi connectivity index (χ1) is 8.57. The highest BCUT2D eigenvalue weighted by atomic mass is 16.6. The second-order valence-corrected chi connectivity index (χ2v) is 4.07. The SMILES string of the molecule is C=CCOC(=O)N(C)[C@H](C)[C@@H](O)c1ccccc1. The van der Waals surface area contributed by atoms with Crippen LogP contribution in [-0.2, 0) is 4.74 Å². The Morgan fingerprint density at radius 3 is 2.67 bits per heavy atom. The molecule has 0 radical (unpaired) electrons. The molecule has 1 aromatic carbocycles. The van der Waals surface area contributed by atoms with Crippen LogP contribution < -0.4 is 0 Å². The van der Waals surface area contributed by atoms with Crippen molar-refractivity contribution in [3.63, 3.8) is 0 Å². The summed E-state index contributed by atoms with van der Waals surface area (Å²) in [6, 6.07) is 8.85. The molecule has 0 aliphatic heterocycles. The molecule has 1 rings (SSSR count). The molecular weight excluding hydrogens is 230 g/mol. The minimum absolute atomic E-state index is 0.164. The van der Waals surface area contributed by atoms with Gasteiger partial charge in [-0.25, -0.2) is 4.79 Å². The highest BCUT2D eigenvalue weighted by molar-refractivity contribution is 5.67. The lowest BCUT2D eigenvalue weighted by Gasteiger charge is -2.28. The number of rotatable bonds is 5. The number of aliphatic hydroxyl groups excluding tert-OH is 1. The highest BCUT2D eigenvalue weighted by Gasteiger charge is 2.24. The molecule has 4 nitrogen and oxygen atoms in total. The Morgan fingerprint density at radius 1 is 1.50 bits per heavy atom. The van der Waals surface area contributed by atoms with Gasteiger partial charge < -0.3 is 14.7 Å². The average molecular weight is 249 g/mol. The summed E-state index contributed by atoms with van der Waals surface area (Å²) in [5.74, 6) is 0. The molecule has 1 aromatic rings. The molecule has 18 heavy (non-hydrogen) atoms. The van der Waals surface area contributed by atoms with Crippen molar-refractivity contribution < 1.29 is 14.6 Å². The van der Waals surface area contributed by atoms with Crippen LogP contribution in [-0.4, -0.2) is 35.8 Å². The van der Waals surface area contributed by atoms with Gasteiger partial charge in [-0.05, 0) is 12.5 Å². The van der Waals surface area contributed by atoms with Gasteiger partial charge >= 0.3 is 6.09 Å². The first-order valence-electron chi connectivity index (χ1n) is 5.81. The third-order valence-corrected chi connectivity index (χ3v) is 2.82. The number of benzene rings is 1. The molecule has 0 heterocycles. The van der Waals surface area contributed by atoms with Gasteiger partial charge in [-0.2, -0.15) is 0 Å². The lowest BCUT2D eigenvalue weighted by Crippen LogP contribution is -2.39. The largest absolute Gasteiger partial charge is 0.445 e. The normalized spacial score (nSPS) is 13.5. The molecule has 4 heteroatoms. The first kappa shape index (κ1) is 14.3. The quantitative estimate of drug-likeness (QED) is 0.815. The monoisotopic (exact) mass is 249 g/mol. The van der Waals surface area contributed by atoms with E-state index in [1.807, 2.05) is 30.3 Å². The maximum absolute atomic E-state index is 11.6. The molecule has 0 saturated carbocycles. The van der Waals surface area contributed by atoms with Gasteiger partial charge in [0.1, 0.15) is 6.61 Å². The van der Waals surface area contributed by atoms with Gasteiger partial charge in [0.05, 0.1) is 12.1 Å². The standard InChI is InChI=1S/C14H19NO3/c1-4-10-18-14(17)15(3)11(2)13(16)12-8-6-5-7-9-12/h4-9,11,13,16H,1,10H2,2-3H3/t11-,13-/m1/s1. The van der Waals surface area contributed by atoms with E-state index in [1.165, 1.54) is 11.0 Å². The van der Waals surface area contributed by atoms with Gasteiger partial charge in [0.2, 0.25) is 0 Å². The second kappa shape index (κ2) is 6.81. The molecule has 0 unspecified atom stereocenters. The van der Waals surface area contributed by atoms with E-state index < -0.39 is 12.2 Å². The Bertz CT molecular complexity index is 391. The zero-order chi connectivity index (χ0) is 13.5. The summed E-state index contributed by atoms with van der Waals surface area (Å²) < 4.78 is 4.92. The molecule has 98 valence electrons. The van der Waals surface area contributed by atoms with Gasteiger partial charge in [-0.3, -0.25) is 0 Å². The van der Waals surface area contributed by atoms with Crippen LogP contribution >= 0.6 is 0 Å². The summed E-state index contributed by atoms with van der Waals surface area (Å²) in [6.45, 7) is 5.41. The fourth-order valence-electron chi connectivity index (χ4n) is 1.54. The number of amides is 1. The lowest BCUT2D eigenvalue weighted by molar-refractivity contribution is 0.0551. The lowest BCUT2D eigenvalue weighted by atomic mass is 10.0. The van der Waals surface area contributed by atoms with Crippen molar-refractivity contribution >= 4 is 6.09 Å². The van der Waals surface area contributed by atoms with Crippen LogP contribution in [0.25, 0.3) is 0 Å². The van der Waals surface area contributed by atoms with Gasteiger partial charge in [-0.15, -0.1) is 0 Å². The van der Waals surface area contributed by atoms with E-state index in [1.54, 1.807) is 14.0 Å². The number of aliphatic hydroxyl groups is 1. The summed E-state index contributed by atoms with van der Waals surface area (Å²) in [5.41, 5.74) is 0.772. The Hall–Kier alpha value is -1.81. The number of carbonyl (C=O) groups is 1. The smallest absolute Gasteiger partial charge is 0.410 e. The number of hydrogen-bond acceptors (Lipinski definition) is 3. The van der Waals surface area contributed by atoms with Crippen molar-refractivity contribution in [2.24, 2.45) is 0 Å². The Kier molecular flexibility index (Phi) is 5.39. The molecule has 0 aliphatic rings. The van der Waals surface area contributed by atoms with E-state index >= 15 is 0 Å². The zero-order valence-corrected chi connectivity index (χ0v) is 10.7. The maximum Gasteiger partial charge on any atom is 0.410 e. The van der Waals surface area contributed by atoms with E-state index in [0.29, 0.717) is 0 Å². The van der Waals surface area contributed by atoms with Crippen molar-refractivity contribution in [1.82, 2.24) is 4.90 Å². The van der Waals surface area contributed by atoms with Crippen LogP contribution in [0.15, 0.2) is 43.0 Å². The number of carbonyl (C=O) groups excluding carboxylic acids is 1. The molecule has 0 aromatic heterocycles. The average Bonchev–Trinajstić information content (AvgIpc) is 2.43. The van der Waals surface area contributed by atoms with Crippen LogP contribution in [0.4, 0.5) is 4.79 Å². The van der Waals surface area contributed by atoms with Crippen molar-refractivity contribution in [3.8, 4) is 0 Å². The van der Waals surface area contributed by atoms with Crippen LogP contribution in [0, 0.1) is 0 Å². The van der Waals surface area contributed by atoms with Gasteiger partial charge in [-0.1, -0.05) is 43.0 Å². The highest BCUT2D eigenvalue weighted by Crippen LogP contribution is 2.20. The molecule has 0 saturated heterocycles. The molecular formula is C14H19NO3. The predicted molar refractivity (Wildman–Crippen MR) is 70.2 cm³/mol. The Balaban J connectivity index is 2.65. The van der Waals surface area contributed by atoms with Crippen LogP contribution in [0.2, 0.25) is 0 Å². The summed E-state index contributed by atoms with van der Waals surface area (Å²) >= 11 is 0. The maximum atomic E-state index is 11.6. The molecule has 0 fully saturated rings. The van der Waals surface area contributed by atoms with Crippen molar-refractivity contribution in [2.75, 3.05) is 13.7 Å². The fraction of sp³-hybridized carbons (Fsp3) is 0.357. The minimum Gasteiger partial charge on any atom is -0.445 e. The van der Waals surface area contributed by atoms with Crippen molar-refractivity contribution in [1.29, 1.82) is 0 Å². The summed E-state index contributed by atoms with van der Waals surface area (Å²) in [7, 11) is 1.60. The van der Waals surface area contributed by atoms with Crippen molar-refractivity contribution in [3.05, 3.63) is 48.6 Å². The summed E-state index contributed by atoms with van der Waals surface area (Å²) in [6.07, 6.45) is 0.286. The third kappa shape index (κ3) is 3.60. The second-order valence-electron chi connectivity index (χ2n) is 4.07. The van der Waals surface area contributed by atoms with E-state index in [9.17, 15) is 9.90 Å². The molecule has 1 N–H and O–H groups in total. The predicted octanol–water partition coefficient (Wildman–Crippen LogP) is 2.36. The van der Waals surface area contributed by atoms with Crippen LogP contribution in [0.5, 0.6) is 0 Å². The number of nitrogens with zero attached hydrogens (tertiary/aromatic N) is 1. The number of likely N-dealkylation sites (N-methyl/N-ethyl adjacent to an activating group) is 1. The molecule has 1 amide bonds. The number of hydrogen-bond donors (Lipinski definition) is 1. The number of ether oxygens (including phenoxy) is 1. The van der Waals surface area contributed by atoms with E-state index in [4.69, 9.17) is 4.74 Å². The van der Waals surface area contributed by atoms with Gasteiger partial charge in [0.25, 0.3) is 0 Å². The van der Waals surface area contributed by atoms with E-state index in [-0.39, 0.29) is 12.6 Å². The topological polar surface area (TPSA) is 49.8 Å². The molecule has 0 bridgehead atoms. The minimum atomic E-state index is -0.743. The zero-order valence-electron chi connectivity index (χ0n) is 10.7. The Morgan fingerprint density at radius 2 is 2.11 bits per heavy atom. The molecule has 0 spiro atoms. The van der Waals surface area contributed by atoms with Crippen molar-refractivity contribution in [2.45, 2.75) is 19.1 Å². The van der Waals surface area contributed by atoms with E-state index in [0.717, 1.165) is 5.56 Å². The molecule has 0 aliphatic carbocycles. The van der Waals surface area contributed by atoms with Crippen LogP contribution in [0.1, 0.15) is 18.6 Å². The van der Waals surface area contributed by atoms with E-state index in [2.05, 4.69) is 6.58 Å². The summed E-state index contributed by atoms with van der Waals surface area (Å²) in [4.78, 5) is 13.0. The fourth-order valence-corrected chi connectivity index (χ4v) is 1.54.